The Morgan fingerprint density at radius 2 is 2.15 bits per heavy atom. The molecule has 1 aromatic carbocycles. The summed E-state index contributed by atoms with van der Waals surface area (Å²) in [6.07, 6.45) is 2.33. The molecule has 0 amide bonds. The number of halogens is 1. The van der Waals surface area contributed by atoms with Crippen LogP contribution < -0.4 is 5.32 Å². The molecule has 0 radical (unpaired) electrons. The monoisotopic (exact) mass is 382 g/mol. The number of anilines is 1. The molecular weight excluding hydrogens is 368 g/mol. The van der Waals surface area contributed by atoms with E-state index in [0.29, 0.717) is 23.2 Å². The van der Waals surface area contributed by atoms with E-state index in [2.05, 4.69) is 16.4 Å². The number of nitrogens with one attached hydrogen (secondary N) is 1. The van der Waals surface area contributed by atoms with E-state index in [4.69, 9.17) is 16.7 Å². The summed E-state index contributed by atoms with van der Waals surface area (Å²) >= 11 is 7.76. The topological polar surface area (TPSA) is 59.8 Å². The molecule has 0 bridgehead atoms. The highest BCUT2D eigenvalue weighted by atomic mass is 35.5. The SMILES string of the molecule is O=C1CCCC2=C1C(c1cccs1)n1nc(-c3cccc(Cl)c3)nc1N2. The van der Waals surface area contributed by atoms with E-state index in [1.165, 1.54) is 0 Å². The van der Waals surface area contributed by atoms with Crippen LogP contribution in [0.2, 0.25) is 5.02 Å². The van der Waals surface area contributed by atoms with E-state index in [1.54, 1.807) is 11.3 Å². The first-order valence-corrected chi connectivity index (χ1v) is 9.75. The number of hydrogen-bond acceptors (Lipinski definition) is 5. The van der Waals surface area contributed by atoms with Gasteiger partial charge < -0.3 is 5.32 Å². The zero-order chi connectivity index (χ0) is 17.7. The number of nitrogens with zero attached hydrogens (tertiary/aromatic N) is 3. The summed E-state index contributed by atoms with van der Waals surface area (Å²) in [6.45, 7) is 0. The third-order valence-corrected chi connectivity index (χ3v) is 5.92. The maximum Gasteiger partial charge on any atom is 0.226 e. The summed E-state index contributed by atoms with van der Waals surface area (Å²) in [5.74, 6) is 1.47. The van der Waals surface area contributed by atoms with Crippen molar-refractivity contribution < 1.29 is 4.79 Å². The molecule has 7 heteroatoms. The number of thiophene rings is 1. The highest BCUT2D eigenvalue weighted by molar-refractivity contribution is 7.10. The van der Waals surface area contributed by atoms with Crippen molar-refractivity contribution in [2.24, 2.45) is 0 Å². The molecule has 2 aromatic heterocycles. The number of carbonyl (C=O) groups excluding carboxylic acids is 1. The Bertz CT molecular complexity index is 1040. The summed E-state index contributed by atoms with van der Waals surface area (Å²) in [6, 6.07) is 11.3. The van der Waals surface area contributed by atoms with Gasteiger partial charge in [0.05, 0.1) is 0 Å². The molecule has 1 N–H and O–H groups in total. The van der Waals surface area contributed by atoms with Crippen molar-refractivity contribution in [2.75, 3.05) is 5.32 Å². The first-order valence-electron chi connectivity index (χ1n) is 8.50. The lowest BCUT2D eigenvalue weighted by Crippen LogP contribution is -2.31. The highest BCUT2D eigenvalue weighted by Crippen LogP contribution is 2.41. The molecule has 1 aliphatic carbocycles. The summed E-state index contributed by atoms with van der Waals surface area (Å²) in [5, 5.41) is 10.7. The van der Waals surface area contributed by atoms with E-state index in [-0.39, 0.29) is 11.8 Å². The van der Waals surface area contributed by atoms with Gasteiger partial charge in [-0.05, 0) is 36.4 Å². The highest BCUT2D eigenvalue weighted by Gasteiger charge is 2.37. The molecular formula is C19H15ClN4OS. The Morgan fingerprint density at radius 3 is 2.96 bits per heavy atom. The first-order chi connectivity index (χ1) is 12.7. The van der Waals surface area contributed by atoms with Crippen LogP contribution in [0.5, 0.6) is 0 Å². The molecule has 2 aliphatic rings. The standard InChI is InChI=1S/C19H15ClN4OS/c20-12-5-1-4-11(10-12)18-22-19-21-13-6-2-7-14(25)16(13)17(24(19)23-18)15-8-3-9-26-15/h1,3-5,8-10,17H,2,6-7H2,(H,21,22,23). The second-order valence-electron chi connectivity index (χ2n) is 6.43. The zero-order valence-corrected chi connectivity index (χ0v) is 15.3. The van der Waals surface area contributed by atoms with Gasteiger partial charge in [-0.1, -0.05) is 29.8 Å². The second kappa shape index (κ2) is 6.07. The molecule has 3 heterocycles. The summed E-state index contributed by atoms with van der Waals surface area (Å²) in [5.41, 5.74) is 2.67. The van der Waals surface area contributed by atoms with Crippen molar-refractivity contribution in [2.45, 2.75) is 25.3 Å². The summed E-state index contributed by atoms with van der Waals surface area (Å²) < 4.78 is 1.84. The molecule has 5 rings (SSSR count). The van der Waals surface area contributed by atoms with Crippen molar-refractivity contribution >= 4 is 34.7 Å². The molecule has 1 unspecified atom stereocenters. The van der Waals surface area contributed by atoms with Crippen molar-refractivity contribution in [1.29, 1.82) is 0 Å². The number of benzene rings is 1. The lowest BCUT2D eigenvalue weighted by Gasteiger charge is -2.31. The van der Waals surface area contributed by atoms with Crippen LogP contribution in [0, 0.1) is 0 Å². The minimum atomic E-state index is -0.213. The molecule has 26 heavy (non-hydrogen) atoms. The lowest BCUT2D eigenvalue weighted by atomic mass is 9.88. The van der Waals surface area contributed by atoms with Crippen molar-refractivity contribution in [1.82, 2.24) is 14.8 Å². The second-order valence-corrected chi connectivity index (χ2v) is 7.84. The largest absolute Gasteiger partial charge is 0.328 e. The van der Waals surface area contributed by atoms with Crippen LogP contribution in [0.3, 0.4) is 0 Å². The first kappa shape index (κ1) is 15.8. The number of fused-ring (bicyclic) bond motifs is 1. The van der Waals surface area contributed by atoms with Gasteiger partial charge in [0, 0.05) is 33.2 Å². The van der Waals surface area contributed by atoms with Crippen molar-refractivity contribution in [3.05, 3.63) is 62.9 Å². The minimum absolute atomic E-state index is 0.197. The molecule has 130 valence electrons. The van der Waals surface area contributed by atoms with E-state index in [0.717, 1.165) is 34.6 Å². The van der Waals surface area contributed by atoms with Gasteiger partial charge in [0.15, 0.2) is 11.6 Å². The third kappa shape index (κ3) is 2.48. The Kier molecular flexibility index (Phi) is 3.69. The molecule has 1 aliphatic heterocycles. The number of aromatic nitrogens is 3. The minimum Gasteiger partial charge on any atom is -0.328 e. The van der Waals surface area contributed by atoms with Gasteiger partial charge in [0.2, 0.25) is 5.95 Å². The van der Waals surface area contributed by atoms with Crippen LogP contribution in [0.25, 0.3) is 11.4 Å². The Balaban J connectivity index is 1.67. The fraction of sp³-hybridized carbons (Fsp3) is 0.211. The van der Waals surface area contributed by atoms with E-state index >= 15 is 0 Å². The fourth-order valence-electron chi connectivity index (χ4n) is 3.62. The Morgan fingerprint density at radius 1 is 1.23 bits per heavy atom. The maximum atomic E-state index is 12.7. The van der Waals surface area contributed by atoms with Crippen LogP contribution >= 0.6 is 22.9 Å². The number of Topliss-reactive ketones (excluding diaryl/α,β-unsaturated/α-hetero) is 1. The van der Waals surface area contributed by atoms with Gasteiger partial charge >= 0.3 is 0 Å². The quantitative estimate of drug-likeness (QED) is 0.699. The molecule has 0 fully saturated rings. The average molecular weight is 383 g/mol. The average Bonchev–Trinajstić information content (AvgIpc) is 3.30. The van der Waals surface area contributed by atoms with Gasteiger partial charge in [-0.2, -0.15) is 4.98 Å². The van der Waals surface area contributed by atoms with Crippen molar-refractivity contribution in [3.63, 3.8) is 0 Å². The van der Waals surface area contributed by atoms with Crippen LogP contribution in [-0.2, 0) is 4.79 Å². The van der Waals surface area contributed by atoms with Gasteiger partial charge in [0.1, 0.15) is 6.04 Å². The van der Waals surface area contributed by atoms with E-state index in [9.17, 15) is 4.79 Å². The van der Waals surface area contributed by atoms with Crippen LogP contribution in [0.1, 0.15) is 30.2 Å². The van der Waals surface area contributed by atoms with E-state index in [1.807, 2.05) is 40.4 Å². The predicted octanol–water partition coefficient (Wildman–Crippen LogP) is 4.68. The van der Waals surface area contributed by atoms with Gasteiger partial charge in [0.25, 0.3) is 0 Å². The predicted molar refractivity (Wildman–Crippen MR) is 102 cm³/mol. The molecule has 0 spiro atoms. The van der Waals surface area contributed by atoms with Gasteiger partial charge in [-0.15, -0.1) is 16.4 Å². The molecule has 5 nitrogen and oxygen atoms in total. The molecule has 0 saturated heterocycles. The number of allylic oxidation sites excluding steroid dienone is 2. The zero-order valence-electron chi connectivity index (χ0n) is 13.8. The summed E-state index contributed by atoms with van der Waals surface area (Å²) in [7, 11) is 0. The molecule has 0 saturated carbocycles. The Hall–Kier alpha value is -2.44. The van der Waals surface area contributed by atoms with E-state index < -0.39 is 0 Å². The molecule has 1 atom stereocenters. The van der Waals surface area contributed by atoms with Crippen LogP contribution in [0.15, 0.2) is 53.0 Å². The number of hydrogen-bond donors (Lipinski definition) is 1. The van der Waals surface area contributed by atoms with Crippen molar-refractivity contribution in [3.8, 4) is 11.4 Å². The Labute approximate surface area is 159 Å². The van der Waals surface area contributed by atoms with Gasteiger partial charge in [-0.25, -0.2) is 4.68 Å². The maximum absolute atomic E-state index is 12.7. The number of carbonyl (C=O) groups is 1. The lowest BCUT2D eigenvalue weighted by molar-refractivity contribution is -0.116. The van der Waals surface area contributed by atoms with Crippen LogP contribution in [-0.4, -0.2) is 20.5 Å². The molecule has 3 aromatic rings. The van der Waals surface area contributed by atoms with Gasteiger partial charge in [-0.3, -0.25) is 4.79 Å². The normalized spacial score (nSPS) is 19.1. The smallest absolute Gasteiger partial charge is 0.226 e. The fourth-order valence-corrected chi connectivity index (χ4v) is 4.62. The summed E-state index contributed by atoms with van der Waals surface area (Å²) in [4.78, 5) is 18.5. The van der Waals surface area contributed by atoms with Crippen LogP contribution in [0.4, 0.5) is 5.95 Å². The third-order valence-electron chi connectivity index (χ3n) is 4.76. The number of rotatable bonds is 2. The number of ketones is 1.